The van der Waals surface area contributed by atoms with E-state index in [9.17, 15) is 4.79 Å². The summed E-state index contributed by atoms with van der Waals surface area (Å²) in [5, 5.41) is 0. The Morgan fingerprint density at radius 1 is 1.38 bits per heavy atom. The highest BCUT2D eigenvalue weighted by atomic mass is 16.1. The molecule has 1 aliphatic carbocycles. The summed E-state index contributed by atoms with van der Waals surface area (Å²) in [6, 6.07) is 0. The average molecular weight is 182 g/mol. The van der Waals surface area contributed by atoms with Crippen LogP contribution in [0.25, 0.3) is 0 Å². The van der Waals surface area contributed by atoms with Crippen LogP contribution in [-0.2, 0) is 4.79 Å². The fourth-order valence-corrected chi connectivity index (χ4v) is 2.02. The van der Waals surface area contributed by atoms with Gasteiger partial charge in [0.1, 0.15) is 5.78 Å². The van der Waals surface area contributed by atoms with Gasteiger partial charge < -0.3 is 0 Å². The monoisotopic (exact) mass is 182 g/mol. The standard InChI is InChI=1S/C12H22O/c1-3-5-7-10(4-2)12(13)11-8-6-9-11/h10-11H,3-9H2,1-2H3. The predicted molar refractivity (Wildman–Crippen MR) is 55.7 cm³/mol. The number of ketones is 1. The molecule has 1 atom stereocenters. The van der Waals surface area contributed by atoms with Gasteiger partial charge in [0.2, 0.25) is 0 Å². The summed E-state index contributed by atoms with van der Waals surface area (Å²) in [6.45, 7) is 4.34. The molecule has 0 aromatic carbocycles. The second kappa shape index (κ2) is 5.41. The predicted octanol–water partition coefficient (Wildman–Crippen LogP) is 3.57. The second-order valence-electron chi connectivity index (χ2n) is 4.28. The first kappa shape index (κ1) is 10.7. The maximum atomic E-state index is 11.9. The van der Waals surface area contributed by atoms with Gasteiger partial charge in [-0.25, -0.2) is 0 Å². The van der Waals surface area contributed by atoms with Crippen molar-refractivity contribution in [2.75, 3.05) is 0 Å². The molecule has 0 aliphatic heterocycles. The number of hydrogen-bond donors (Lipinski definition) is 0. The molecule has 0 radical (unpaired) electrons. The summed E-state index contributed by atoms with van der Waals surface area (Å²) in [6.07, 6.45) is 8.23. The van der Waals surface area contributed by atoms with E-state index >= 15 is 0 Å². The molecule has 0 aromatic heterocycles. The van der Waals surface area contributed by atoms with E-state index in [4.69, 9.17) is 0 Å². The van der Waals surface area contributed by atoms with Gasteiger partial charge in [0.15, 0.2) is 0 Å². The molecule has 1 nitrogen and oxygen atoms in total. The van der Waals surface area contributed by atoms with Crippen LogP contribution in [0.4, 0.5) is 0 Å². The van der Waals surface area contributed by atoms with Crippen molar-refractivity contribution in [1.82, 2.24) is 0 Å². The molecule has 13 heavy (non-hydrogen) atoms. The van der Waals surface area contributed by atoms with Crippen LogP contribution in [0.2, 0.25) is 0 Å². The minimum atomic E-state index is 0.380. The number of carbonyl (C=O) groups is 1. The minimum Gasteiger partial charge on any atom is -0.299 e. The highest BCUT2D eigenvalue weighted by Gasteiger charge is 2.29. The van der Waals surface area contributed by atoms with Crippen molar-refractivity contribution >= 4 is 5.78 Å². The quantitative estimate of drug-likeness (QED) is 0.613. The van der Waals surface area contributed by atoms with Crippen LogP contribution < -0.4 is 0 Å². The molecule has 0 spiro atoms. The van der Waals surface area contributed by atoms with Gasteiger partial charge in [-0.2, -0.15) is 0 Å². The lowest BCUT2D eigenvalue weighted by atomic mass is 9.76. The molecule has 76 valence electrons. The first-order valence-corrected chi connectivity index (χ1v) is 5.83. The first-order chi connectivity index (χ1) is 6.29. The third-order valence-electron chi connectivity index (χ3n) is 3.31. The number of Topliss-reactive ketones (excluding diaryl/α,β-unsaturated/α-hetero) is 1. The summed E-state index contributed by atoms with van der Waals surface area (Å²) >= 11 is 0. The zero-order valence-electron chi connectivity index (χ0n) is 9.01. The maximum Gasteiger partial charge on any atom is 0.139 e. The number of hydrogen-bond acceptors (Lipinski definition) is 1. The molecule has 1 aliphatic rings. The van der Waals surface area contributed by atoms with E-state index < -0.39 is 0 Å². The van der Waals surface area contributed by atoms with E-state index in [1.807, 2.05) is 0 Å². The zero-order valence-corrected chi connectivity index (χ0v) is 9.01. The molecule has 0 N–H and O–H groups in total. The maximum absolute atomic E-state index is 11.9. The summed E-state index contributed by atoms with van der Waals surface area (Å²) in [4.78, 5) is 11.9. The smallest absolute Gasteiger partial charge is 0.139 e. The van der Waals surface area contributed by atoms with E-state index in [0.29, 0.717) is 17.6 Å². The van der Waals surface area contributed by atoms with Crippen molar-refractivity contribution in [2.24, 2.45) is 11.8 Å². The van der Waals surface area contributed by atoms with Crippen LogP contribution in [0.5, 0.6) is 0 Å². The molecule has 0 saturated heterocycles. The van der Waals surface area contributed by atoms with Gasteiger partial charge in [-0.05, 0) is 25.7 Å². The Balaban J connectivity index is 2.30. The SMILES string of the molecule is CCCCC(CC)C(=O)C1CCC1. The van der Waals surface area contributed by atoms with E-state index in [-0.39, 0.29) is 0 Å². The molecule has 1 saturated carbocycles. The van der Waals surface area contributed by atoms with Gasteiger partial charge in [0.05, 0.1) is 0 Å². The number of unbranched alkanes of at least 4 members (excludes halogenated alkanes) is 1. The number of carbonyl (C=O) groups excluding carboxylic acids is 1. The van der Waals surface area contributed by atoms with Gasteiger partial charge in [-0.15, -0.1) is 0 Å². The van der Waals surface area contributed by atoms with Crippen molar-refractivity contribution in [3.8, 4) is 0 Å². The molecule has 1 rings (SSSR count). The fraction of sp³-hybridized carbons (Fsp3) is 0.917. The largest absolute Gasteiger partial charge is 0.299 e. The highest BCUT2D eigenvalue weighted by Crippen LogP contribution is 2.31. The lowest BCUT2D eigenvalue weighted by Crippen LogP contribution is -2.28. The minimum absolute atomic E-state index is 0.380. The van der Waals surface area contributed by atoms with Crippen molar-refractivity contribution in [1.29, 1.82) is 0 Å². The van der Waals surface area contributed by atoms with Crippen LogP contribution in [-0.4, -0.2) is 5.78 Å². The first-order valence-electron chi connectivity index (χ1n) is 5.83. The molecule has 0 bridgehead atoms. The Hall–Kier alpha value is -0.330. The molecule has 1 unspecified atom stereocenters. The molecule has 1 heteroatoms. The number of rotatable bonds is 6. The Morgan fingerprint density at radius 2 is 2.08 bits per heavy atom. The molecule has 0 heterocycles. The molecule has 0 amide bonds. The lowest BCUT2D eigenvalue weighted by Gasteiger charge is -2.27. The Labute approximate surface area is 81.9 Å². The van der Waals surface area contributed by atoms with Gasteiger partial charge in [-0.1, -0.05) is 33.1 Å². The second-order valence-corrected chi connectivity index (χ2v) is 4.28. The molecule has 0 aromatic rings. The van der Waals surface area contributed by atoms with Crippen LogP contribution in [0.1, 0.15) is 58.8 Å². The average Bonchev–Trinajstić information content (AvgIpc) is 2.02. The molecular formula is C12H22O. The van der Waals surface area contributed by atoms with Crippen molar-refractivity contribution < 1.29 is 4.79 Å². The van der Waals surface area contributed by atoms with Crippen LogP contribution in [0, 0.1) is 11.8 Å². The van der Waals surface area contributed by atoms with Gasteiger partial charge in [0, 0.05) is 11.8 Å². The van der Waals surface area contributed by atoms with E-state index in [1.54, 1.807) is 0 Å². The van der Waals surface area contributed by atoms with Gasteiger partial charge in [-0.3, -0.25) is 4.79 Å². The lowest BCUT2D eigenvalue weighted by molar-refractivity contribution is -0.129. The van der Waals surface area contributed by atoms with Crippen molar-refractivity contribution in [3.63, 3.8) is 0 Å². The van der Waals surface area contributed by atoms with E-state index in [2.05, 4.69) is 13.8 Å². The zero-order chi connectivity index (χ0) is 9.68. The van der Waals surface area contributed by atoms with E-state index in [1.165, 1.54) is 32.1 Å². The Kier molecular flexibility index (Phi) is 4.47. The summed E-state index contributed by atoms with van der Waals surface area (Å²) in [7, 11) is 0. The summed E-state index contributed by atoms with van der Waals surface area (Å²) in [5.41, 5.74) is 0. The van der Waals surface area contributed by atoms with Crippen LogP contribution in [0.3, 0.4) is 0 Å². The van der Waals surface area contributed by atoms with Gasteiger partial charge >= 0.3 is 0 Å². The van der Waals surface area contributed by atoms with Crippen molar-refractivity contribution in [2.45, 2.75) is 58.8 Å². The third kappa shape index (κ3) is 2.82. The highest BCUT2D eigenvalue weighted by molar-refractivity contribution is 5.84. The Bertz CT molecular complexity index is 159. The summed E-state index contributed by atoms with van der Waals surface area (Å²) < 4.78 is 0. The summed E-state index contributed by atoms with van der Waals surface area (Å²) in [5.74, 6) is 1.40. The third-order valence-corrected chi connectivity index (χ3v) is 3.31. The topological polar surface area (TPSA) is 17.1 Å². The van der Waals surface area contributed by atoms with Crippen LogP contribution >= 0.6 is 0 Å². The van der Waals surface area contributed by atoms with Crippen LogP contribution in [0.15, 0.2) is 0 Å². The normalized spacial score (nSPS) is 19.5. The molecular weight excluding hydrogens is 160 g/mol. The van der Waals surface area contributed by atoms with E-state index in [0.717, 1.165) is 12.8 Å². The van der Waals surface area contributed by atoms with Gasteiger partial charge in [0.25, 0.3) is 0 Å². The van der Waals surface area contributed by atoms with Crippen molar-refractivity contribution in [3.05, 3.63) is 0 Å². The molecule has 1 fully saturated rings. The fourth-order valence-electron chi connectivity index (χ4n) is 2.02. The Morgan fingerprint density at radius 3 is 2.46 bits per heavy atom.